The first kappa shape index (κ1) is 23.4. The summed E-state index contributed by atoms with van der Waals surface area (Å²) in [7, 11) is 4.00. The minimum atomic E-state index is -0.957. The summed E-state index contributed by atoms with van der Waals surface area (Å²) >= 11 is 0. The van der Waals surface area contributed by atoms with E-state index >= 15 is 0 Å². The number of benzene rings is 2. The van der Waals surface area contributed by atoms with Gasteiger partial charge in [-0.25, -0.2) is 14.4 Å². The third-order valence-electron chi connectivity index (χ3n) is 5.99. The van der Waals surface area contributed by atoms with Crippen molar-refractivity contribution in [3.63, 3.8) is 0 Å². The summed E-state index contributed by atoms with van der Waals surface area (Å²) in [6.07, 6.45) is 0. The van der Waals surface area contributed by atoms with Crippen LogP contribution in [0.5, 0.6) is 0 Å². The number of hydrogen-bond donors (Lipinski definition) is 2. The molecule has 2 aromatic rings. The number of amides is 2. The summed E-state index contributed by atoms with van der Waals surface area (Å²) in [5.74, 6) is -2.64. The van der Waals surface area contributed by atoms with Gasteiger partial charge in [0.25, 0.3) is 0 Å². The second-order valence-electron chi connectivity index (χ2n) is 7.92. The number of carbonyl (C=O) groups excluding carboxylic acids is 3. The van der Waals surface area contributed by atoms with E-state index in [-0.39, 0.29) is 35.2 Å². The topological polar surface area (TPSA) is 138 Å². The van der Waals surface area contributed by atoms with Gasteiger partial charge in [-0.3, -0.25) is 4.90 Å². The summed E-state index contributed by atoms with van der Waals surface area (Å²) in [5, 5.41) is 12.9. The number of rotatable bonds is 4. The Labute approximate surface area is 201 Å². The fourth-order valence-electron chi connectivity index (χ4n) is 4.35. The molecule has 2 aliphatic heterocycles. The van der Waals surface area contributed by atoms with Gasteiger partial charge in [-0.1, -0.05) is 36.4 Å². The quantitative estimate of drug-likeness (QED) is 0.646. The molecule has 0 spiro atoms. The number of nitrogens with two attached hydrogens (primary N) is 1. The van der Waals surface area contributed by atoms with E-state index in [1.807, 2.05) is 0 Å². The summed E-state index contributed by atoms with van der Waals surface area (Å²) in [4.78, 5) is 41.3. The van der Waals surface area contributed by atoms with Gasteiger partial charge in [-0.05, 0) is 17.7 Å². The Morgan fingerprint density at radius 1 is 1.09 bits per heavy atom. The minimum absolute atomic E-state index is 0.0395. The standard InChI is InChI=1S/C25H23N5O5/c1-29-13-16-17(28-25(29)33)10-7-11-18(16)30-21(24(32)35-3)20(23(31)34-2)19(15(12-26)22(30)27)14-8-5-4-6-9-14/h4-11,19H,13,27H2,1-3H3,(H,28,33). The molecule has 10 nitrogen and oxygen atoms in total. The number of anilines is 2. The zero-order valence-corrected chi connectivity index (χ0v) is 19.4. The van der Waals surface area contributed by atoms with Crippen LogP contribution >= 0.6 is 0 Å². The van der Waals surface area contributed by atoms with Crippen LogP contribution < -0.4 is 16.0 Å². The monoisotopic (exact) mass is 473 g/mol. The Morgan fingerprint density at radius 2 is 1.77 bits per heavy atom. The number of esters is 2. The van der Waals surface area contributed by atoms with Crippen LogP contribution in [0.1, 0.15) is 17.0 Å². The van der Waals surface area contributed by atoms with Crippen molar-refractivity contribution in [1.82, 2.24) is 4.90 Å². The van der Waals surface area contributed by atoms with Gasteiger partial charge >= 0.3 is 18.0 Å². The Balaban J connectivity index is 2.07. The van der Waals surface area contributed by atoms with E-state index in [2.05, 4.69) is 11.4 Å². The lowest BCUT2D eigenvalue weighted by Gasteiger charge is -2.38. The first-order valence-corrected chi connectivity index (χ1v) is 10.6. The molecule has 178 valence electrons. The Hall–Kier alpha value is -4.78. The summed E-state index contributed by atoms with van der Waals surface area (Å²) in [6.45, 7) is 0.202. The molecule has 0 saturated carbocycles. The highest BCUT2D eigenvalue weighted by Crippen LogP contribution is 2.45. The molecular formula is C25H23N5O5. The maximum atomic E-state index is 13.2. The first-order valence-electron chi connectivity index (χ1n) is 10.6. The van der Waals surface area contributed by atoms with E-state index in [1.54, 1.807) is 55.6 Å². The van der Waals surface area contributed by atoms with Crippen LogP contribution in [-0.2, 0) is 25.6 Å². The van der Waals surface area contributed by atoms with E-state index < -0.39 is 17.9 Å². The van der Waals surface area contributed by atoms with Crippen molar-refractivity contribution in [1.29, 1.82) is 5.26 Å². The van der Waals surface area contributed by atoms with E-state index in [0.717, 1.165) is 0 Å². The van der Waals surface area contributed by atoms with Gasteiger partial charge in [0, 0.05) is 18.3 Å². The highest BCUT2D eigenvalue weighted by molar-refractivity contribution is 6.07. The number of nitrogens with zero attached hydrogens (tertiary/aromatic N) is 3. The molecule has 1 unspecified atom stereocenters. The van der Waals surface area contributed by atoms with E-state index in [1.165, 1.54) is 24.0 Å². The number of urea groups is 1. The molecule has 4 rings (SSSR count). The lowest BCUT2D eigenvalue weighted by Crippen LogP contribution is -2.42. The largest absolute Gasteiger partial charge is 0.466 e. The van der Waals surface area contributed by atoms with Gasteiger partial charge in [0.15, 0.2) is 0 Å². The molecule has 0 saturated heterocycles. The first-order chi connectivity index (χ1) is 16.8. The van der Waals surface area contributed by atoms with Crippen molar-refractivity contribution in [3.8, 4) is 6.07 Å². The van der Waals surface area contributed by atoms with Crippen LogP contribution in [0.2, 0.25) is 0 Å². The fourth-order valence-corrected chi connectivity index (χ4v) is 4.35. The van der Waals surface area contributed by atoms with Gasteiger partial charge in [-0.15, -0.1) is 0 Å². The lowest BCUT2D eigenvalue weighted by molar-refractivity contribution is -0.139. The smallest absolute Gasteiger partial charge is 0.355 e. The molecule has 2 heterocycles. The van der Waals surface area contributed by atoms with E-state index in [9.17, 15) is 19.6 Å². The average Bonchev–Trinajstić information content (AvgIpc) is 2.88. The van der Waals surface area contributed by atoms with Crippen LogP contribution in [0.4, 0.5) is 16.2 Å². The minimum Gasteiger partial charge on any atom is -0.466 e. The molecule has 0 fully saturated rings. The van der Waals surface area contributed by atoms with E-state index in [4.69, 9.17) is 15.2 Å². The third-order valence-corrected chi connectivity index (χ3v) is 5.99. The van der Waals surface area contributed by atoms with Crippen molar-refractivity contribution in [3.05, 3.63) is 82.3 Å². The summed E-state index contributed by atoms with van der Waals surface area (Å²) < 4.78 is 10.1. The van der Waals surface area contributed by atoms with Crippen molar-refractivity contribution < 1.29 is 23.9 Å². The van der Waals surface area contributed by atoms with Crippen LogP contribution in [0, 0.1) is 11.3 Å². The molecule has 2 aromatic carbocycles. The van der Waals surface area contributed by atoms with Gasteiger partial charge in [0.05, 0.1) is 49.6 Å². The lowest BCUT2D eigenvalue weighted by atomic mass is 9.80. The van der Waals surface area contributed by atoms with Crippen LogP contribution in [0.3, 0.4) is 0 Å². The van der Waals surface area contributed by atoms with E-state index in [0.29, 0.717) is 22.5 Å². The molecule has 3 N–H and O–H groups in total. The molecular weight excluding hydrogens is 450 g/mol. The number of methoxy groups -OCH3 is 2. The highest BCUT2D eigenvalue weighted by atomic mass is 16.5. The Kier molecular flexibility index (Phi) is 6.16. The number of fused-ring (bicyclic) bond motifs is 1. The molecule has 0 radical (unpaired) electrons. The van der Waals surface area contributed by atoms with Gasteiger partial charge in [-0.2, -0.15) is 5.26 Å². The Bertz CT molecular complexity index is 1330. The van der Waals surface area contributed by atoms with Gasteiger partial charge in [0.1, 0.15) is 11.5 Å². The van der Waals surface area contributed by atoms with Crippen molar-refractivity contribution in [2.75, 3.05) is 31.5 Å². The average molecular weight is 473 g/mol. The SMILES string of the molecule is COC(=O)C1=C(C(=O)OC)N(c2cccc3c2CN(C)C(=O)N3)C(N)=C(C#N)C1c1ccccc1. The number of carbonyl (C=O) groups is 3. The van der Waals surface area contributed by atoms with Crippen molar-refractivity contribution >= 4 is 29.3 Å². The second-order valence-corrected chi connectivity index (χ2v) is 7.92. The van der Waals surface area contributed by atoms with Crippen LogP contribution in [0.25, 0.3) is 0 Å². The molecule has 2 amide bonds. The number of ether oxygens (including phenoxy) is 2. The molecule has 0 aliphatic carbocycles. The Morgan fingerprint density at radius 3 is 2.40 bits per heavy atom. The third kappa shape index (κ3) is 3.83. The van der Waals surface area contributed by atoms with Crippen molar-refractivity contribution in [2.45, 2.75) is 12.5 Å². The fraction of sp³-hybridized carbons (Fsp3) is 0.200. The maximum Gasteiger partial charge on any atom is 0.355 e. The van der Waals surface area contributed by atoms with Crippen molar-refractivity contribution in [2.24, 2.45) is 5.73 Å². The molecule has 0 bridgehead atoms. The number of allylic oxidation sites excluding steroid dienone is 1. The summed E-state index contributed by atoms with van der Waals surface area (Å²) in [6, 6.07) is 15.7. The number of nitrogens with one attached hydrogen (secondary N) is 1. The van der Waals surface area contributed by atoms with Crippen LogP contribution in [-0.4, -0.2) is 44.1 Å². The molecule has 2 aliphatic rings. The molecule has 35 heavy (non-hydrogen) atoms. The maximum absolute atomic E-state index is 13.2. The predicted octanol–water partition coefficient (Wildman–Crippen LogP) is 2.56. The zero-order valence-electron chi connectivity index (χ0n) is 19.4. The molecule has 1 atom stereocenters. The molecule has 10 heteroatoms. The predicted molar refractivity (Wildman–Crippen MR) is 126 cm³/mol. The number of hydrogen-bond acceptors (Lipinski definition) is 8. The van der Waals surface area contributed by atoms with Gasteiger partial charge in [0.2, 0.25) is 0 Å². The number of nitriles is 1. The second kappa shape index (κ2) is 9.23. The molecule has 0 aromatic heterocycles. The van der Waals surface area contributed by atoms with Gasteiger partial charge < -0.3 is 25.4 Å². The van der Waals surface area contributed by atoms with Crippen LogP contribution in [0.15, 0.2) is 71.2 Å². The normalized spacial score (nSPS) is 17.4. The summed E-state index contributed by atoms with van der Waals surface area (Å²) in [5.41, 5.74) is 8.52. The highest BCUT2D eigenvalue weighted by Gasteiger charge is 2.43. The zero-order chi connectivity index (χ0) is 25.3.